The number of carbonyl (C=O) groups is 2. The summed E-state index contributed by atoms with van der Waals surface area (Å²) in [6.07, 6.45) is 1.70. The quantitative estimate of drug-likeness (QED) is 0.241. The number of rotatable bonds is 7. The molecule has 4 aromatic rings. The van der Waals surface area contributed by atoms with Gasteiger partial charge in [0, 0.05) is 10.6 Å². The second kappa shape index (κ2) is 10.5. The molecule has 0 atom stereocenters. The minimum atomic E-state index is -0.312. The molecule has 7 heteroatoms. The first-order valence-electron chi connectivity index (χ1n) is 11.3. The molecule has 0 radical (unpaired) electrons. The van der Waals surface area contributed by atoms with Crippen molar-refractivity contribution in [2.24, 2.45) is 0 Å². The van der Waals surface area contributed by atoms with Crippen molar-refractivity contribution in [1.29, 1.82) is 0 Å². The molecule has 1 aliphatic rings. The van der Waals surface area contributed by atoms with Crippen molar-refractivity contribution < 1.29 is 19.1 Å². The van der Waals surface area contributed by atoms with Gasteiger partial charge in [0.15, 0.2) is 11.5 Å². The van der Waals surface area contributed by atoms with Gasteiger partial charge in [0.25, 0.3) is 11.1 Å². The van der Waals surface area contributed by atoms with Gasteiger partial charge in [-0.3, -0.25) is 14.5 Å². The van der Waals surface area contributed by atoms with Crippen molar-refractivity contribution in [1.82, 2.24) is 4.90 Å². The summed E-state index contributed by atoms with van der Waals surface area (Å²) >= 11 is 7.18. The van der Waals surface area contributed by atoms with Crippen LogP contribution in [-0.2, 0) is 17.9 Å². The van der Waals surface area contributed by atoms with Crippen molar-refractivity contribution >= 4 is 51.4 Å². The third kappa shape index (κ3) is 5.10. The Bertz CT molecular complexity index is 1500. The van der Waals surface area contributed by atoms with E-state index in [9.17, 15) is 9.59 Å². The summed E-state index contributed by atoms with van der Waals surface area (Å²) < 4.78 is 11.4. The number of nitrogens with zero attached hydrogens (tertiary/aromatic N) is 1. The minimum absolute atomic E-state index is 0.224. The summed E-state index contributed by atoms with van der Waals surface area (Å²) in [6, 6.07) is 26.8. The number of benzene rings is 4. The average molecular weight is 516 g/mol. The summed E-state index contributed by atoms with van der Waals surface area (Å²) in [6.45, 7) is 0.489. The zero-order chi connectivity index (χ0) is 25.1. The van der Waals surface area contributed by atoms with Crippen LogP contribution in [0.4, 0.5) is 4.79 Å². The lowest BCUT2D eigenvalue weighted by atomic mass is 10.1. The van der Waals surface area contributed by atoms with E-state index in [0.717, 1.165) is 39.2 Å². The Labute approximate surface area is 218 Å². The van der Waals surface area contributed by atoms with Crippen LogP contribution in [0.25, 0.3) is 16.8 Å². The van der Waals surface area contributed by atoms with Crippen LogP contribution in [0.5, 0.6) is 11.5 Å². The molecule has 4 aromatic carbocycles. The number of imide groups is 1. The zero-order valence-electron chi connectivity index (χ0n) is 19.4. The van der Waals surface area contributed by atoms with E-state index in [-0.39, 0.29) is 24.3 Å². The normalized spacial score (nSPS) is 14.6. The van der Waals surface area contributed by atoms with E-state index in [0.29, 0.717) is 21.4 Å². The number of thioether (sulfide) groups is 1. The van der Waals surface area contributed by atoms with Crippen LogP contribution in [0.15, 0.2) is 89.8 Å². The second-order valence-corrected chi connectivity index (χ2v) is 9.64. The van der Waals surface area contributed by atoms with E-state index in [1.165, 1.54) is 4.90 Å². The van der Waals surface area contributed by atoms with Crippen molar-refractivity contribution in [3.8, 4) is 11.5 Å². The molecule has 5 rings (SSSR count). The number of amides is 2. The van der Waals surface area contributed by atoms with E-state index in [1.807, 2.05) is 72.8 Å². The Balaban J connectivity index is 1.34. The van der Waals surface area contributed by atoms with E-state index in [1.54, 1.807) is 25.3 Å². The Morgan fingerprint density at radius 1 is 0.889 bits per heavy atom. The van der Waals surface area contributed by atoms with E-state index in [4.69, 9.17) is 21.1 Å². The van der Waals surface area contributed by atoms with E-state index in [2.05, 4.69) is 0 Å². The van der Waals surface area contributed by atoms with Gasteiger partial charge < -0.3 is 9.47 Å². The lowest BCUT2D eigenvalue weighted by Gasteiger charge is -2.13. The highest BCUT2D eigenvalue weighted by molar-refractivity contribution is 8.18. The molecule has 5 nitrogen and oxygen atoms in total. The Hall–Kier alpha value is -3.74. The molecule has 0 aliphatic carbocycles. The molecule has 0 N–H and O–H groups in total. The minimum Gasteiger partial charge on any atom is -0.493 e. The lowest BCUT2D eigenvalue weighted by Crippen LogP contribution is -2.27. The molecule has 180 valence electrons. The molecule has 0 spiro atoms. The standard InChI is InChI=1S/C29H22ClNO4S/c1-34-25-13-11-19(15-26(25)35-18-23-8-4-5-9-24(23)30)16-27-28(32)31(29(33)36-27)17-20-10-12-21-6-2-3-7-22(21)14-20/h2-16H,17-18H2,1H3/b27-16-. The van der Waals surface area contributed by atoms with E-state index >= 15 is 0 Å². The van der Waals surface area contributed by atoms with Crippen molar-refractivity contribution in [3.63, 3.8) is 0 Å². The lowest BCUT2D eigenvalue weighted by molar-refractivity contribution is -0.123. The first kappa shape index (κ1) is 24.0. The second-order valence-electron chi connectivity index (χ2n) is 8.24. The van der Waals surface area contributed by atoms with Crippen LogP contribution < -0.4 is 9.47 Å². The van der Waals surface area contributed by atoms with Crippen LogP contribution in [0.3, 0.4) is 0 Å². The Kier molecular flexibility index (Phi) is 6.98. The average Bonchev–Trinajstić information content (AvgIpc) is 3.15. The van der Waals surface area contributed by atoms with Crippen LogP contribution in [0, 0.1) is 0 Å². The first-order chi connectivity index (χ1) is 17.5. The fraction of sp³-hybridized carbons (Fsp3) is 0.103. The van der Waals surface area contributed by atoms with Gasteiger partial charge in [0.1, 0.15) is 6.61 Å². The SMILES string of the molecule is COc1ccc(/C=C2\SC(=O)N(Cc3ccc4ccccc4c3)C2=O)cc1OCc1ccccc1Cl. The fourth-order valence-electron chi connectivity index (χ4n) is 3.97. The van der Waals surface area contributed by atoms with Crippen molar-refractivity contribution in [3.05, 3.63) is 112 Å². The fourth-order valence-corrected chi connectivity index (χ4v) is 5.00. The van der Waals surface area contributed by atoms with Gasteiger partial charge in [-0.25, -0.2) is 0 Å². The van der Waals surface area contributed by atoms with Crippen LogP contribution >= 0.6 is 23.4 Å². The first-order valence-corrected chi connectivity index (χ1v) is 12.5. The molecule has 2 amide bonds. The zero-order valence-corrected chi connectivity index (χ0v) is 21.0. The third-order valence-corrected chi connectivity index (χ3v) is 7.13. The Morgan fingerprint density at radius 2 is 1.67 bits per heavy atom. The van der Waals surface area contributed by atoms with Gasteiger partial charge in [-0.2, -0.15) is 0 Å². The maximum absolute atomic E-state index is 13.1. The molecule has 0 unspecified atom stereocenters. The van der Waals surface area contributed by atoms with Gasteiger partial charge in [0.2, 0.25) is 0 Å². The topological polar surface area (TPSA) is 55.8 Å². The number of fused-ring (bicyclic) bond motifs is 1. The smallest absolute Gasteiger partial charge is 0.293 e. The molecule has 1 saturated heterocycles. The number of halogens is 1. The molecule has 0 aromatic heterocycles. The van der Waals surface area contributed by atoms with Gasteiger partial charge in [-0.1, -0.05) is 72.3 Å². The summed E-state index contributed by atoms with van der Waals surface area (Å²) in [4.78, 5) is 27.4. The third-order valence-electron chi connectivity index (χ3n) is 5.85. The van der Waals surface area contributed by atoms with Gasteiger partial charge >= 0.3 is 0 Å². The molecule has 0 bridgehead atoms. The summed E-state index contributed by atoms with van der Waals surface area (Å²) in [7, 11) is 1.56. The largest absolute Gasteiger partial charge is 0.493 e. The molecular weight excluding hydrogens is 494 g/mol. The maximum Gasteiger partial charge on any atom is 0.293 e. The number of hydrogen-bond donors (Lipinski definition) is 0. The Morgan fingerprint density at radius 3 is 2.47 bits per heavy atom. The van der Waals surface area contributed by atoms with Crippen LogP contribution in [-0.4, -0.2) is 23.2 Å². The number of hydrogen-bond acceptors (Lipinski definition) is 5. The highest BCUT2D eigenvalue weighted by Gasteiger charge is 2.35. The molecule has 1 heterocycles. The molecule has 1 fully saturated rings. The predicted octanol–water partition coefficient (Wildman–Crippen LogP) is 7.32. The van der Waals surface area contributed by atoms with E-state index < -0.39 is 0 Å². The number of carbonyl (C=O) groups excluding carboxylic acids is 2. The van der Waals surface area contributed by atoms with Crippen molar-refractivity contribution in [2.45, 2.75) is 13.2 Å². The molecule has 0 saturated carbocycles. The van der Waals surface area contributed by atoms with Gasteiger partial charge in [-0.15, -0.1) is 0 Å². The summed E-state index contributed by atoms with van der Waals surface area (Å²) in [5.74, 6) is 0.762. The number of methoxy groups -OCH3 is 1. The van der Waals surface area contributed by atoms with Crippen LogP contribution in [0.1, 0.15) is 16.7 Å². The number of ether oxygens (including phenoxy) is 2. The highest BCUT2D eigenvalue weighted by Crippen LogP contribution is 2.36. The summed E-state index contributed by atoms with van der Waals surface area (Å²) in [5.41, 5.74) is 2.47. The monoisotopic (exact) mass is 515 g/mol. The maximum atomic E-state index is 13.1. The molecule has 36 heavy (non-hydrogen) atoms. The predicted molar refractivity (Wildman–Crippen MR) is 144 cm³/mol. The summed E-state index contributed by atoms with van der Waals surface area (Å²) in [5, 5.41) is 2.51. The molecular formula is C29H22ClNO4S. The van der Waals surface area contributed by atoms with Gasteiger partial charge in [-0.05, 0) is 64.0 Å². The van der Waals surface area contributed by atoms with Gasteiger partial charge in [0.05, 0.1) is 18.6 Å². The van der Waals surface area contributed by atoms with Crippen molar-refractivity contribution in [2.75, 3.05) is 7.11 Å². The highest BCUT2D eigenvalue weighted by atomic mass is 35.5. The molecule has 1 aliphatic heterocycles. The van der Waals surface area contributed by atoms with Crippen LogP contribution in [0.2, 0.25) is 5.02 Å².